The second-order valence-corrected chi connectivity index (χ2v) is 5.71. The van der Waals surface area contributed by atoms with Crippen molar-refractivity contribution < 1.29 is 0 Å². The standard InChI is InChI=1S/C14H28N2/c1-3-12(2)16-10-9-15-14(11-16)13-7-5-4-6-8-13/h12-15H,3-11H2,1-2H3. The van der Waals surface area contributed by atoms with Crippen LogP contribution in [0.3, 0.4) is 0 Å². The average Bonchev–Trinajstić information content (AvgIpc) is 2.39. The van der Waals surface area contributed by atoms with E-state index in [0.29, 0.717) is 0 Å². The van der Waals surface area contributed by atoms with E-state index in [-0.39, 0.29) is 0 Å². The van der Waals surface area contributed by atoms with E-state index in [1.54, 1.807) is 0 Å². The van der Waals surface area contributed by atoms with Crippen LogP contribution in [0.5, 0.6) is 0 Å². The van der Waals surface area contributed by atoms with E-state index >= 15 is 0 Å². The maximum atomic E-state index is 3.76. The monoisotopic (exact) mass is 224 g/mol. The van der Waals surface area contributed by atoms with Gasteiger partial charge in [-0.3, -0.25) is 4.90 Å². The van der Waals surface area contributed by atoms with Crippen molar-refractivity contribution in [3.63, 3.8) is 0 Å². The quantitative estimate of drug-likeness (QED) is 0.793. The molecule has 1 saturated heterocycles. The van der Waals surface area contributed by atoms with Crippen molar-refractivity contribution in [3.8, 4) is 0 Å². The van der Waals surface area contributed by atoms with Crippen molar-refractivity contribution in [3.05, 3.63) is 0 Å². The number of nitrogens with zero attached hydrogens (tertiary/aromatic N) is 1. The summed E-state index contributed by atoms with van der Waals surface area (Å²) in [6.07, 6.45) is 8.62. The molecule has 1 aliphatic carbocycles. The van der Waals surface area contributed by atoms with Crippen molar-refractivity contribution in [1.82, 2.24) is 10.2 Å². The van der Waals surface area contributed by atoms with Crippen LogP contribution in [0.2, 0.25) is 0 Å². The first kappa shape index (κ1) is 12.4. The summed E-state index contributed by atoms with van der Waals surface area (Å²) in [6.45, 7) is 8.43. The average molecular weight is 224 g/mol. The fourth-order valence-corrected chi connectivity index (χ4v) is 3.31. The van der Waals surface area contributed by atoms with Crippen LogP contribution < -0.4 is 5.32 Å². The highest BCUT2D eigenvalue weighted by molar-refractivity contribution is 4.87. The van der Waals surface area contributed by atoms with E-state index in [9.17, 15) is 0 Å². The second-order valence-electron chi connectivity index (χ2n) is 5.71. The number of hydrogen-bond donors (Lipinski definition) is 1. The third kappa shape index (κ3) is 2.98. The molecular formula is C14H28N2. The molecular weight excluding hydrogens is 196 g/mol. The van der Waals surface area contributed by atoms with Crippen LogP contribution in [0, 0.1) is 5.92 Å². The summed E-state index contributed by atoms with van der Waals surface area (Å²) >= 11 is 0. The van der Waals surface area contributed by atoms with Crippen molar-refractivity contribution in [1.29, 1.82) is 0 Å². The zero-order valence-corrected chi connectivity index (χ0v) is 11.0. The van der Waals surface area contributed by atoms with Gasteiger partial charge in [-0.05, 0) is 32.1 Å². The van der Waals surface area contributed by atoms with Crippen LogP contribution in [0.25, 0.3) is 0 Å². The largest absolute Gasteiger partial charge is 0.311 e. The minimum atomic E-state index is 0.771. The van der Waals surface area contributed by atoms with E-state index in [0.717, 1.165) is 18.0 Å². The van der Waals surface area contributed by atoms with Gasteiger partial charge in [-0.1, -0.05) is 26.2 Å². The maximum absolute atomic E-state index is 3.76. The van der Waals surface area contributed by atoms with Crippen LogP contribution >= 0.6 is 0 Å². The van der Waals surface area contributed by atoms with Crippen molar-refractivity contribution in [2.24, 2.45) is 5.92 Å². The molecule has 0 aromatic heterocycles. The predicted molar refractivity (Wildman–Crippen MR) is 69.7 cm³/mol. The van der Waals surface area contributed by atoms with Gasteiger partial charge in [0, 0.05) is 31.7 Å². The molecule has 0 spiro atoms. The van der Waals surface area contributed by atoms with Crippen molar-refractivity contribution in [2.75, 3.05) is 19.6 Å². The Hall–Kier alpha value is -0.0800. The number of rotatable bonds is 3. The first-order valence-corrected chi connectivity index (χ1v) is 7.28. The van der Waals surface area contributed by atoms with Gasteiger partial charge in [0.15, 0.2) is 0 Å². The van der Waals surface area contributed by atoms with Crippen LogP contribution in [0.4, 0.5) is 0 Å². The Kier molecular flexibility index (Phi) is 4.66. The summed E-state index contributed by atoms with van der Waals surface area (Å²) in [5, 5.41) is 3.76. The van der Waals surface area contributed by atoms with Gasteiger partial charge in [0.2, 0.25) is 0 Å². The zero-order valence-electron chi connectivity index (χ0n) is 11.0. The van der Waals surface area contributed by atoms with E-state index in [1.807, 2.05) is 0 Å². The summed E-state index contributed by atoms with van der Waals surface area (Å²) in [6, 6.07) is 1.55. The lowest BCUT2D eigenvalue weighted by Gasteiger charge is -2.41. The normalized spacial score (nSPS) is 31.5. The molecule has 2 heteroatoms. The minimum absolute atomic E-state index is 0.771. The van der Waals surface area contributed by atoms with Crippen molar-refractivity contribution in [2.45, 2.75) is 64.5 Å². The Balaban J connectivity index is 1.85. The molecule has 0 aromatic carbocycles. The van der Waals surface area contributed by atoms with Gasteiger partial charge in [0.25, 0.3) is 0 Å². The lowest BCUT2D eigenvalue weighted by Crippen LogP contribution is -2.56. The number of piperazine rings is 1. The smallest absolute Gasteiger partial charge is 0.0223 e. The molecule has 2 fully saturated rings. The fraction of sp³-hybridized carbons (Fsp3) is 1.00. The van der Waals surface area contributed by atoms with E-state index in [1.165, 1.54) is 58.2 Å². The first-order valence-electron chi connectivity index (χ1n) is 7.28. The Morgan fingerprint density at radius 1 is 1.25 bits per heavy atom. The molecule has 0 amide bonds. The Labute approximate surface area is 101 Å². The highest BCUT2D eigenvalue weighted by atomic mass is 15.2. The highest BCUT2D eigenvalue weighted by Crippen LogP contribution is 2.28. The fourth-order valence-electron chi connectivity index (χ4n) is 3.31. The molecule has 1 aliphatic heterocycles. The van der Waals surface area contributed by atoms with E-state index in [2.05, 4.69) is 24.1 Å². The van der Waals surface area contributed by atoms with Gasteiger partial charge in [-0.15, -0.1) is 0 Å². The van der Waals surface area contributed by atoms with E-state index in [4.69, 9.17) is 0 Å². The van der Waals surface area contributed by atoms with Crippen LogP contribution in [-0.2, 0) is 0 Å². The number of hydrogen-bond acceptors (Lipinski definition) is 2. The van der Waals surface area contributed by atoms with Gasteiger partial charge in [0.1, 0.15) is 0 Å². The lowest BCUT2D eigenvalue weighted by atomic mass is 9.83. The van der Waals surface area contributed by atoms with Gasteiger partial charge < -0.3 is 5.32 Å². The molecule has 2 aliphatic rings. The van der Waals surface area contributed by atoms with Crippen LogP contribution in [-0.4, -0.2) is 36.6 Å². The topological polar surface area (TPSA) is 15.3 Å². The maximum Gasteiger partial charge on any atom is 0.0223 e. The summed E-state index contributed by atoms with van der Waals surface area (Å²) in [5.74, 6) is 0.959. The highest BCUT2D eigenvalue weighted by Gasteiger charge is 2.29. The molecule has 16 heavy (non-hydrogen) atoms. The molecule has 0 bridgehead atoms. The molecule has 2 nitrogen and oxygen atoms in total. The second kappa shape index (κ2) is 6.02. The van der Waals surface area contributed by atoms with Gasteiger partial charge in [-0.25, -0.2) is 0 Å². The van der Waals surface area contributed by atoms with Crippen LogP contribution in [0.1, 0.15) is 52.4 Å². The predicted octanol–water partition coefficient (Wildman–Crippen LogP) is 2.64. The van der Waals surface area contributed by atoms with Crippen LogP contribution in [0.15, 0.2) is 0 Å². The third-order valence-electron chi connectivity index (χ3n) is 4.67. The third-order valence-corrected chi connectivity index (χ3v) is 4.67. The molecule has 1 N–H and O–H groups in total. The molecule has 0 aromatic rings. The minimum Gasteiger partial charge on any atom is -0.311 e. The van der Waals surface area contributed by atoms with Gasteiger partial charge in [-0.2, -0.15) is 0 Å². The SMILES string of the molecule is CCC(C)N1CCNC(C2CCCCC2)C1. The molecule has 2 atom stereocenters. The molecule has 94 valence electrons. The Bertz CT molecular complexity index is 199. The van der Waals surface area contributed by atoms with Gasteiger partial charge >= 0.3 is 0 Å². The molecule has 2 unspecified atom stereocenters. The zero-order chi connectivity index (χ0) is 11.4. The number of nitrogens with one attached hydrogen (secondary N) is 1. The molecule has 1 heterocycles. The summed E-state index contributed by atoms with van der Waals surface area (Å²) in [7, 11) is 0. The summed E-state index contributed by atoms with van der Waals surface area (Å²) in [4.78, 5) is 2.69. The summed E-state index contributed by atoms with van der Waals surface area (Å²) < 4.78 is 0. The first-order chi connectivity index (χ1) is 7.81. The Morgan fingerprint density at radius 3 is 2.69 bits per heavy atom. The Morgan fingerprint density at radius 2 is 2.00 bits per heavy atom. The van der Waals surface area contributed by atoms with Gasteiger partial charge in [0.05, 0.1) is 0 Å². The lowest BCUT2D eigenvalue weighted by molar-refractivity contribution is 0.113. The van der Waals surface area contributed by atoms with Crippen molar-refractivity contribution >= 4 is 0 Å². The molecule has 1 saturated carbocycles. The molecule has 0 radical (unpaired) electrons. The summed E-state index contributed by atoms with van der Waals surface area (Å²) in [5.41, 5.74) is 0. The van der Waals surface area contributed by atoms with E-state index < -0.39 is 0 Å². The molecule has 2 rings (SSSR count).